The smallest absolute Gasteiger partial charge is 0.436 e. The molecule has 0 aliphatic rings. The van der Waals surface area contributed by atoms with E-state index in [0.29, 0.717) is 11.3 Å². The third-order valence-electron chi connectivity index (χ3n) is 3.65. The molecule has 0 bridgehead atoms. The quantitative estimate of drug-likeness (QED) is 0.183. The average Bonchev–Trinajstić information content (AvgIpc) is 2.99. The van der Waals surface area contributed by atoms with Gasteiger partial charge in [-0.1, -0.05) is 12.1 Å². The molecule has 2 heterocycles. The fraction of sp³-hybridized carbons (Fsp3) is 0.200. The lowest BCUT2D eigenvalue weighted by molar-refractivity contribution is -0.683. The van der Waals surface area contributed by atoms with Crippen molar-refractivity contribution in [3.63, 3.8) is 0 Å². The number of carbonyl (C=O) groups excluding carboxylic acids is 1. The van der Waals surface area contributed by atoms with Gasteiger partial charge in [-0.15, -0.1) is 0 Å². The summed E-state index contributed by atoms with van der Waals surface area (Å²) in [6, 6.07) is 6.35. The van der Waals surface area contributed by atoms with Gasteiger partial charge < -0.3 is 15.2 Å². The molecule has 0 atom stereocenters. The zero-order chi connectivity index (χ0) is 18.3. The minimum atomic E-state index is -0.630. The zero-order valence-corrected chi connectivity index (χ0v) is 13.7. The van der Waals surface area contributed by atoms with Crippen LogP contribution in [0.1, 0.15) is 34.4 Å². The summed E-state index contributed by atoms with van der Waals surface area (Å²) in [6.07, 6.45) is 0. The molecule has 128 valence electrons. The van der Waals surface area contributed by atoms with Gasteiger partial charge in [0.1, 0.15) is 5.10 Å². The van der Waals surface area contributed by atoms with Gasteiger partial charge in [-0.2, -0.15) is 5.10 Å². The van der Waals surface area contributed by atoms with Crippen LogP contribution in [0.15, 0.2) is 29.3 Å². The molecule has 3 aromatic rings. The molecule has 0 spiro atoms. The summed E-state index contributed by atoms with van der Waals surface area (Å²) in [4.78, 5) is 26.0. The van der Waals surface area contributed by atoms with Gasteiger partial charge in [-0.25, -0.2) is 0 Å². The molecule has 2 aromatic heterocycles. The zero-order valence-electron chi connectivity index (χ0n) is 13.7. The monoisotopic (exact) mass is 342 g/mol. The number of aryl methyl sites for hydroxylation is 2. The number of nitrogens with zero attached hydrogens (tertiary/aromatic N) is 5. The highest BCUT2D eigenvalue weighted by molar-refractivity contribution is 5.95. The van der Waals surface area contributed by atoms with Gasteiger partial charge in [0.15, 0.2) is 16.1 Å². The van der Waals surface area contributed by atoms with E-state index < -0.39 is 10.8 Å². The summed E-state index contributed by atoms with van der Waals surface area (Å²) in [5.41, 5.74) is 1.37. The first-order valence-corrected chi connectivity index (χ1v) is 7.31. The lowest BCUT2D eigenvalue weighted by Gasteiger charge is -2.05. The van der Waals surface area contributed by atoms with E-state index in [-0.39, 0.29) is 28.7 Å². The van der Waals surface area contributed by atoms with E-state index in [9.17, 15) is 20.0 Å². The molecule has 25 heavy (non-hydrogen) atoms. The number of fused-ring (bicyclic) bond motifs is 1. The number of hydrogen-bond acceptors (Lipinski definition) is 6. The summed E-state index contributed by atoms with van der Waals surface area (Å²) in [7, 11) is 0. The van der Waals surface area contributed by atoms with Crippen LogP contribution in [0.3, 0.4) is 0 Å². The van der Waals surface area contributed by atoms with Gasteiger partial charge in [0.05, 0.1) is 5.69 Å². The second kappa shape index (κ2) is 5.82. The molecule has 1 aromatic carbocycles. The van der Waals surface area contributed by atoms with Crippen molar-refractivity contribution in [2.45, 2.75) is 20.8 Å². The van der Waals surface area contributed by atoms with Gasteiger partial charge in [0.25, 0.3) is 11.4 Å². The van der Waals surface area contributed by atoms with Crippen molar-refractivity contribution in [1.29, 1.82) is 0 Å². The SMILES string of the molecule is CC(=O)c1cccc(N=C([O-])c2c(C)nn3c([N+](=O)[O-])c(C)[nH][n+]23)c1. The second-order valence-electron chi connectivity index (χ2n) is 5.48. The van der Waals surface area contributed by atoms with Crippen LogP contribution in [0.25, 0.3) is 0 Å². The number of Topliss-reactive ketones (excluding diaryl/α,β-unsaturated/α-hetero) is 1. The summed E-state index contributed by atoms with van der Waals surface area (Å²) < 4.78 is 2.20. The van der Waals surface area contributed by atoms with Gasteiger partial charge >= 0.3 is 5.82 Å². The number of H-pyrrole nitrogens is 1. The van der Waals surface area contributed by atoms with Crippen LogP contribution >= 0.6 is 0 Å². The fourth-order valence-electron chi connectivity index (χ4n) is 2.51. The molecule has 3 rings (SSSR count). The third kappa shape index (κ3) is 2.73. The number of carbonyl (C=O) groups is 1. The van der Waals surface area contributed by atoms with E-state index in [1.54, 1.807) is 25.1 Å². The summed E-state index contributed by atoms with van der Waals surface area (Å²) in [6.45, 7) is 4.49. The van der Waals surface area contributed by atoms with Crippen molar-refractivity contribution in [3.8, 4) is 0 Å². The highest BCUT2D eigenvalue weighted by atomic mass is 16.6. The number of benzene rings is 1. The largest absolute Gasteiger partial charge is 0.855 e. The molecular weight excluding hydrogens is 328 g/mol. The van der Waals surface area contributed by atoms with Crippen LogP contribution in [-0.4, -0.2) is 31.4 Å². The second-order valence-corrected chi connectivity index (χ2v) is 5.48. The van der Waals surface area contributed by atoms with Crippen molar-refractivity contribution in [2.24, 2.45) is 4.99 Å². The van der Waals surface area contributed by atoms with Crippen LogP contribution < -0.4 is 9.74 Å². The van der Waals surface area contributed by atoms with E-state index in [2.05, 4.69) is 15.2 Å². The Hall–Kier alpha value is -3.56. The number of aromatic nitrogens is 4. The topological polar surface area (TPSA) is 133 Å². The van der Waals surface area contributed by atoms with Gasteiger partial charge in [-0.05, 0) is 30.9 Å². The molecule has 0 fully saturated rings. The van der Waals surface area contributed by atoms with E-state index in [1.807, 2.05) is 0 Å². The molecular formula is C15H14N6O4. The molecule has 0 saturated carbocycles. The van der Waals surface area contributed by atoms with Crippen LogP contribution in [0.5, 0.6) is 0 Å². The van der Waals surface area contributed by atoms with Crippen LogP contribution in [0, 0.1) is 24.0 Å². The Bertz CT molecular complexity index is 1050. The number of aromatic amines is 1. The maximum absolute atomic E-state index is 12.6. The molecule has 0 unspecified atom stereocenters. The Morgan fingerprint density at radius 3 is 2.76 bits per heavy atom. The van der Waals surface area contributed by atoms with Gasteiger partial charge in [0.2, 0.25) is 0 Å². The van der Waals surface area contributed by atoms with Crippen molar-refractivity contribution >= 4 is 23.2 Å². The van der Waals surface area contributed by atoms with Crippen LogP contribution in [0.2, 0.25) is 0 Å². The van der Waals surface area contributed by atoms with Crippen LogP contribution in [0.4, 0.5) is 11.5 Å². The maximum Gasteiger partial charge on any atom is 0.436 e. The molecule has 0 saturated heterocycles. The predicted octanol–water partition coefficient (Wildman–Crippen LogP) is 0.414. The molecule has 0 radical (unpaired) electrons. The molecule has 0 aliphatic heterocycles. The Kier molecular flexibility index (Phi) is 3.79. The average molecular weight is 342 g/mol. The number of hydrogen-bond donors (Lipinski definition) is 1. The fourth-order valence-corrected chi connectivity index (χ4v) is 2.51. The molecule has 10 nitrogen and oxygen atoms in total. The number of rotatable bonds is 4. The van der Waals surface area contributed by atoms with E-state index in [4.69, 9.17) is 0 Å². The number of ketones is 1. The Labute approximate surface area is 141 Å². The lowest BCUT2D eigenvalue weighted by Crippen LogP contribution is -2.39. The predicted molar refractivity (Wildman–Crippen MR) is 84.0 cm³/mol. The molecule has 1 N–H and O–H groups in total. The number of aliphatic imine (C=N–C) groups is 1. The lowest BCUT2D eigenvalue weighted by atomic mass is 10.1. The molecule has 0 aliphatic carbocycles. The highest BCUT2D eigenvalue weighted by Gasteiger charge is 2.33. The van der Waals surface area contributed by atoms with E-state index >= 15 is 0 Å². The van der Waals surface area contributed by atoms with Crippen molar-refractivity contribution in [1.82, 2.24) is 14.8 Å². The minimum Gasteiger partial charge on any atom is -0.855 e. The van der Waals surface area contributed by atoms with Crippen molar-refractivity contribution in [3.05, 3.63) is 57.0 Å². The van der Waals surface area contributed by atoms with Crippen molar-refractivity contribution < 1.29 is 19.5 Å². The number of nitro groups is 1. The first-order chi connectivity index (χ1) is 11.8. The molecule has 0 amide bonds. The highest BCUT2D eigenvalue weighted by Crippen LogP contribution is 2.17. The van der Waals surface area contributed by atoms with E-state index in [1.165, 1.54) is 24.5 Å². The first-order valence-electron chi connectivity index (χ1n) is 7.31. The van der Waals surface area contributed by atoms with Gasteiger partial charge in [-0.3, -0.25) is 9.79 Å². The first kappa shape index (κ1) is 16.3. The minimum absolute atomic E-state index is 0.0735. The normalized spacial score (nSPS) is 11.9. The summed E-state index contributed by atoms with van der Waals surface area (Å²) in [5, 5.41) is 30.5. The standard InChI is InChI=1S/C15H14N6O4/c1-8-13(19-18-9(2)15(21(24)25)20(19)17-8)14(23)16-12-6-4-5-11(7-12)10(3)22/h4-7H,1-3H3,(H-,16,17,18,23). The van der Waals surface area contributed by atoms with E-state index in [0.717, 1.165) is 4.63 Å². The summed E-state index contributed by atoms with van der Waals surface area (Å²) >= 11 is 0. The Morgan fingerprint density at radius 1 is 1.40 bits per heavy atom. The van der Waals surface area contributed by atoms with Crippen molar-refractivity contribution in [2.75, 3.05) is 0 Å². The number of nitrogens with one attached hydrogen (secondary N) is 1. The summed E-state index contributed by atoms with van der Waals surface area (Å²) in [5.74, 6) is -1.03. The Balaban J connectivity index is 2.14. The maximum atomic E-state index is 12.6. The third-order valence-corrected chi connectivity index (χ3v) is 3.65. The van der Waals surface area contributed by atoms with Gasteiger partial charge in [0, 0.05) is 23.0 Å². The Morgan fingerprint density at radius 2 is 2.12 bits per heavy atom. The van der Waals surface area contributed by atoms with Crippen LogP contribution in [-0.2, 0) is 0 Å². The molecule has 10 heteroatoms.